The first-order chi connectivity index (χ1) is 6.38. The van der Waals surface area contributed by atoms with E-state index in [2.05, 4.69) is 5.32 Å². The molecule has 3 heteroatoms. The molecule has 1 rings (SSSR count). The van der Waals surface area contributed by atoms with Gasteiger partial charge in [-0.15, -0.1) is 0 Å². The van der Waals surface area contributed by atoms with Crippen molar-refractivity contribution >= 4 is 5.69 Å². The molecule has 2 nitrogen and oxygen atoms in total. The fraction of sp³-hybridized carbons (Fsp3) is 0.455. The molecular weight excluding hydrogens is 179 g/mol. The minimum Gasteiger partial charge on any atom is -0.383 e. The maximum absolute atomic E-state index is 12.9. The average Bonchev–Trinajstić information content (AvgIpc) is 2.06. The zero-order chi connectivity index (χ0) is 10.8. The van der Waals surface area contributed by atoms with Crippen LogP contribution in [0.5, 0.6) is 0 Å². The molecule has 0 heterocycles. The van der Waals surface area contributed by atoms with E-state index in [1.54, 1.807) is 19.1 Å². The standard InChI is InChI=1S/C11H17FN2/c1-8-6-9(4-5-10(8)12)14-7-11(2,3)13/h4-6,14H,7,13H2,1-3H3. The number of rotatable bonds is 3. The summed E-state index contributed by atoms with van der Waals surface area (Å²) >= 11 is 0. The highest BCUT2D eigenvalue weighted by Gasteiger charge is 2.09. The Morgan fingerprint density at radius 2 is 2.07 bits per heavy atom. The Morgan fingerprint density at radius 1 is 1.43 bits per heavy atom. The van der Waals surface area contributed by atoms with Gasteiger partial charge in [0, 0.05) is 17.8 Å². The lowest BCUT2D eigenvalue weighted by molar-refractivity contribution is 0.549. The smallest absolute Gasteiger partial charge is 0.126 e. The average molecular weight is 196 g/mol. The maximum Gasteiger partial charge on any atom is 0.126 e. The van der Waals surface area contributed by atoms with Crippen molar-refractivity contribution < 1.29 is 4.39 Å². The third kappa shape index (κ3) is 3.34. The number of hydrogen-bond donors (Lipinski definition) is 2. The van der Waals surface area contributed by atoms with Crippen molar-refractivity contribution in [3.05, 3.63) is 29.6 Å². The largest absolute Gasteiger partial charge is 0.383 e. The Kier molecular flexibility index (Phi) is 3.11. The topological polar surface area (TPSA) is 38.0 Å². The molecule has 0 saturated heterocycles. The Hall–Kier alpha value is -1.09. The van der Waals surface area contributed by atoms with Gasteiger partial charge in [-0.1, -0.05) is 0 Å². The molecule has 0 fully saturated rings. The third-order valence-corrected chi connectivity index (χ3v) is 1.91. The van der Waals surface area contributed by atoms with Crippen LogP contribution in [0.1, 0.15) is 19.4 Å². The summed E-state index contributed by atoms with van der Waals surface area (Å²) in [6.45, 7) is 6.29. The fourth-order valence-electron chi connectivity index (χ4n) is 1.08. The summed E-state index contributed by atoms with van der Waals surface area (Å²) in [7, 11) is 0. The molecule has 0 aliphatic rings. The van der Waals surface area contributed by atoms with E-state index >= 15 is 0 Å². The van der Waals surface area contributed by atoms with Gasteiger partial charge in [0.05, 0.1) is 0 Å². The normalized spacial score (nSPS) is 11.5. The molecule has 0 radical (unpaired) electrons. The number of halogens is 1. The molecule has 1 aromatic rings. The predicted molar refractivity (Wildman–Crippen MR) is 57.9 cm³/mol. The number of hydrogen-bond acceptors (Lipinski definition) is 2. The van der Waals surface area contributed by atoms with Crippen LogP contribution in [0.15, 0.2) is 18.2 Å². The Labute approximate surface area is 84.3 Å². The lowest BCUT2D eigenvalue weighted by Gasteiger charge is -2.19. The van der Waals surface area contributed by atoms with Crippen LogP contribution in [0.4, 0.5) is 10.1 Å². The van der Waals surface area contributed by atoms with E-state index in [1.165, 1.54) is 6.07 Å². The van der Waals surface area contributed by atoms with Gasteiger partial charge in [-0.2, -0.15) is 0 Å². The fourth-order valence-corrected chi connectivity index (χ4v) is 1.08. The van der Waals surface area contributed by atoms with Gasteiger partial charge in [-0.05, 0) is 44.5 Å². The zero-order valence-corrected chi connectivity index (χ0v) is 8.89. The van der Waals surface area contributed by atoms with Crippen LogP contribution in [0.3, 0.4) is 0 Å². The van der Waals surface area contributed by atoms with Gasteiger partial charge < -0.3 is 11.1 Å². The Balaban J connectivity index is 2.65. The molecule has 1 aromatic carbocycles. The quantitative estimate of drug-likeness (QED) is 0.778. The van der Waals surface area contributed by atoms with Crippen molar-refractivity contribution in [3.63, 3.8) is 0 Å². The van der Waals surface area contributed by atoms with Crippen molar-refractivity contribution in [1.29, 1.82) is 0 Å². The molecule has 3 N–H and O–H groups in total. The highest BCUT2D eigenvalue weighted by molar-refractivity contribution is 5.46. The molecule has 0 atom stereocenters. The molecule has 14 heavy (non-hydrogen) atoms. The summed E-state index contributed by atoms with van der Waals surface area (Å²) in [4.78, 5) is 0. The van der Waals surface area contributed by atoms with Crippen LogP contribution >= 0.6 is 0 Å². The number of nitrogens with one attached hydrogen (secondary N) is 1. The minimum absolute atomic E-state index is 0.178. The van der Waals surface area contributed by atoms with Crippen LogP contribution in [0.2, 0.25) is 0 Å². The highest BCUT2D eigenvalue weighted by Crippen LogP contribution is 2.14. The van der Waals surface area contributed by atoms with E-state index in [4.69, 9.17) is 5.73 Å². The van der Waals surface area contributed by atoms with Crippen molar-refractivity contribution in [2.75, 3.05) is 11.9 Å². The number of benzene rings is 1. The summed E-state index contributed by atoms with van der Waals surface area (Å²) in [6, 6.07) is 4.95. The van der Waals surface area contributed by atoms with Gasteiger partial charge in [-0.25, -0.2) is 4.39 Å². The Morgan fingerprint density at radius 3 is 2.57 bits per heavy atom. The molecule has 0 aliphatic heterocycles. The second kappa shape index (κ2) is 3.96. The lowest BCUT2D eigenvalue weighted by atomic mass is 10.1. The molecule has 0 unspecified atom stereocenters. The van der Waals surface area contributed by atoms with Crippen LogP contribution in [-0.4, -0.2) is 12.1 Å². The van der Waals surface area contributed by atoms with Crippen molar-refractivity contribution in [3.8, 4) is 0 Å². The first kappa shape index (κ1) is 11.0. The van der Waals surface area contributed by atoms with Gasteiger partial charge in [0.25, 0.3) is 0 Å². The summed E-state index contributed by atoms with van der Waals surface area (Å²) < 4.78 is 12.9. The van der Waals surface area contributed by atoms with Gasteiger partial charge >= 0.3 is 0 Å². The van der Waals surface area contributed by atoms with E-state index < -0.39 is 0 Å². The molecule has 0 aromatic heterocycles. The van der Waals surface area contributed by atoms with E-state index in [0.717, 1.165) is 5.69 Å². The highest BCUT2D eigenvalue weighted by atomic mass is 19.1. The van der Waals surface area contributed by atoms with Crippen LogP contribution in [-0.2, 0) is 0 Å². The number of anilines is 1. The number of aryl methyl sites for hydroxylation is 1. The second-order valence-electron chi connectivity index (χ2n) is 4.31. The number of nitrogens with two attached hydrogens (primary N) is 1. The van der Waals surface area contributed by atoms with Crippen LogP contribution < -0.4 is 11.1 Å². The molecule has 0 bridgehead atoms. The molecule has 0 saturated carbocycles. The first-order valence-corrected chi connectivity index (χ1v) is 4.67. The van der Waals surface area contributed by atoms with Crippen molar-refractivity contribution in [2.45, 2.75) is 26.3 Å². The van der Waals surface area contributed by atoms with Gasteiger partial charge in [0.2, 0.25) is 0 Å². The van der Waals surface area contributed by atoms with Gasteiger partial charge in [-0.3, -0.25) is 0 Å². The van der Waals surface area contributed by atoms with Gasteiger partial charge in [0.15, 0.2) is 0 Å². The third-order valence-electron chi connectivity index (χ3n) is 1.91. The van der Waals surface area contributed by atoms with E-state index in [-0.39, 0.29) is 11.4 Å². The predicted octanol–water partition coefficient (Wildman–Crippen LogP) is 2.28. The molecule has 78 valence electrons. The van der Waals surface area contributed by atoms with Crippen molar-refractivity contribution in [1.82, 2.24) is 0 Å². The lowest BCUT2D eigenvalue weighted by Crippen LogP contribution is -2.39. The van der Waals surface area contributed by atoms with Crippen LogP contribution in [0.25, 0.3) is 0 Å². The molecule has 0 amide bonds. The van der Waals surface area contributed by atoms with E-state index in [9.17, 15) is 4.39 Å². The van der Waals surface area contributed by atoms with Crippen LogP contribution in [0, 0.1) is 12.7 Å². The maximum atomic E-state index is 12.9. The van der Waals surface area contributed by atoms with E-state index in [1.807, 2.05) is 13.8 Å². The molecule has 0 aliphatic carbocycles. The van der Waals surface area contributed by atoms with E-state index in [0.29, 0.717) is 12.1 Å². The summed E-state index contributed by atoms with van der Waals surface area (Å²) in [5.74, 6) is -0.178. The summed E-state index contributed by atoms with van der Waals surface area (Å²) in [5, 5.41) is 3.16. The minimum atomic E-state index is -0.262. The molecule has 0 spiro atoms. The second-order valence-corrected chi connectivity index (χ2v) is 4.31. The Bertz CT molecular complexity index is 316. The summed E-state index contributed by atoms with van der Waals surface area (Å²) in [5.41, 5.74) is 7.10. The molecular formula is C11H17FN2. The van der Waals surface area contributed by atoms with Crippen molar-refractivity contribution in [2.24, 2.45) is 5.73 Å². The zero-order valence-electron chi connectivity index (χ0n) is 8.89. The SMILES string of the molecule is Cc1cc(NCC(C)(C)N)ccc1F. The monoisotopic (exact) mass is 196 g/mol. The first-order valence-electron chi connectivity index (χ1n) is 4.67. The van der Waals surface area contributed by atoms with Gasteiger partial charge in [0.1, 0.15) is 5.82 Å². The summed E-state index contributed by atoms with van der Waals surface area (Å²) in [6.07, 6.45) is 0.